The number of morpholine rings is 1. The molecule has 5 rings (SSSR count). The maximum absolute atomic E-state index is 13.5. The molecule has 1 saturated heterocycles. The molecule has 0 bridgehead atoms. The number of imidazole rings is 1. The Morgan fingerprint density at radius 2 is 1.97 bits per heavy atom. The van der Waals surface area contributed by atoms with E-state index in [0.29, 0.717) is 34.8 Å². The minimum atomic E-state index is -0.493. The first-order valence-corrected chi connectivity index (χ1v) is 11.0. The number of hydrogen-bond donors (Lipinski definition) is 1. The van der Waals surface area contributed by atoms with E-state index in [9.17, 15) is 9.18 Å². The molecule has 1 N–H and O–H groups in total. The molecule has 168 valence electrons. The Hall–Kier alpha value is -3.33. The molecule has 0 atom stereocenters. The molecule has 9 heteroatoms. The van der Waals surface area contributed by atoms with Crippen molar-refractivity contribution in [3.8, 4) is 11.3 Å². The number of carbonyl (C=O) groups excluding carboxylic acids is 1. The van der Waals surface area contributed by atoms with Gasteiger partial charge in [-0.3, -0.25) is 9.69 Å². The van der Waals surface area contributed by atoms with Gasteiger partial charge in [-0.25, -0.2) is 14.4 Å². The molecule has 1 aromatic carbocycles. The van der Waals surface area contributed by atoms with Crippen LogP contribution in [0.15, 0.2) is 60.9 Å². The molecule has 7 nitrogen and oxygen atoms in total. The summed E-state index contributed by atoms with van der Waals surface area (Å²) in [4.78, 5) is 24.5. The fourth-order valence-corrected chi connectivity index (χ4v) is 3.97. The number of pyridine rings is 2. The zero-order valence-corrected chi connectivity index (χ0v) is 18.4. The lowest BCUT2D eigenvalue weighted by Gasteiger charge is -2.26. The van der Waals surface area contributed by atoms with Crippen LogP contribution in [0.3, 0.4) is 0 Å². The van der Waals surface area contributed by atoms with Crippen LogP contribution < -0.4 is 5.32 Å². The molecule has 0 aliphatic carbocycles. The van der Waals surface area contributed by atoms with Gasteiger partial charge in [0.05, 0.1) is 35.2 Å². The molecule has 4 heterocycles. The number of amides is 1. The zero-order valence-electron chi connectivity index (χ0n) is 17.7. The molecule has 3 aromatic heterocycles. The van der Waals surface area contributed by atoms with Crippen molar-refractivity contribution in [3.63, 3.8) is 0 Å². The third-order valence-corrected chi connectivity index (χ3v) is 5.77. The Balaban J connectivity index is 1.38. The first kappa shape index (κ1) is 21.5. The van der Waals surface area contributed by atoms with Gasteiger partial charge in [0.1, 0.15) is 17.3 Å². The van der Waals surface area contributed by atoms with Crippen LogP contribution >= 0.6 is 11.6 Å². The predicted molar refractivity (Wildman–Crippen MR) is 124 cm³/mol. The van der Waals surface area contributed by atoms with Gasteiger partial charge in [-0.2, -0.15) is 0 Å². The monoisotopic (exact) mass is 465 g/mol. The molecule has 0 spiro atoms. The third kappa shape index (κ3) is 4.73. The quantitative estimate of drug-likeness (QED) is 0.476. The molecule has 0 unspecified atom stereocenters. The van der Waals surface area contributed by atoms with E-state index >= 15 is 0 Å². The van der Waals surface area contributed by atoms with Crippen molar-refractivity contribution in [2.24, 2.45) is 0 Å². The Bertz CT molecular complexity index is 1320. The summed E-state index contributed by atoms with van der Waals surface area (Å²) in [5.41, 5.74) is 3.01. The summed E-state index contributed by atoms with van der Waals surface area (Å²) in [6.45, 7) is 3.86. The molecule has 1 amide bonds. The highest BCUT2D eigenvalue weighted by atomic mass is 35.5. The predicted octanol–water partition coefficient (Wildman–Crippen LogP) is 4.27. The number of carbonyl (C=O) groups is 1. The number of halogens is 2. The topological polar surface area (TPSA) is 71.8 Å². The van der Waals surface area contributed by atoms with E-state index < -0.39 is 5.82 Å². The highest BCUT2D eigenvalue weighted by Gasteiger charge is 2.16. The molecule has 0 saturated carbocycles. The summed E-state index contributed by atoms with van der Waals surface area (Å²) in [6, 6.07) is 13.5. The van der Waals surface area contributed by atoms with Crippen molar-refractivity contribution >= 4 is 29.0 Å². The summed E-state index contributed by atoms with van der Waals surface area (Å²) < 4.78 is 20.7. The van der Waals surface area contributed by atoms with Gasteiger partial charge in [0.2, 0.25) is 0 Å². The van der Waals surface area contributed by atoms with E-state index in [2.05, 4.69) is 20.2 Å². The van der Waals surface area contributed by atoms with Crippen molar-refractivity contribution in [2.45, 2.75) is 6.54 Å². The molecule has 1 aliphatic rings. The number of nitrogens with one attached hydrogen (secondary N) is 1. The Morgan fingerprint density at radius 3 is 2.79 bits per heavy atom. The lowest BCUT2D eigenvalue weighted by Crippen LogP contribution is -2.35. The van der Waals surface area contributed by atoms with Crippen molar-refractivity contribution in [2.75, 3.05) is 31.6 Å². The van der Waals surface area contributed by atoms with Gasteiger partial charge in [0, 0.05) is 37.6 Å². The van der Waals surface area contributed by atoms with E-state index in [1.165, 1.54) is 12.1 Å². The van der Waals surface area contributed by atoms with Crippen LogP contribution in [0.4, 0.5) is 10.2 Å². The number of benzene rings is 1. The van der Waals surface area contributed by atoms with Crippen molar-refractivity contribution in [1.29, 1.82) is 0 Å². The molecule has 0 radical (unpaired) electrons. The molecular formula is C24H21ClFN5O2. The smallest absolute Gasteiger partial charge is 0.260 e. The van der Waals surface area contributed by atoms with E-state index in [1.54, 1.807) is 41.1 Å². The van der Waals surface area contributed by atoms with Gasteiger partial charge < -0.3 is 14.5 Å². The van der Waals surface area contributed by atoms with Crippen LogP contribution in [-0.2, 0) is 11.3 Å². The zero-order chi connectivity index (χ0) is 22.8. The number of ether oxygens (including phenoxy) is 1. The van der Waals surface area contributed by atoms with Crippen molar-refractivity contribution in [3.05, 3.63) is 83.0 Å². The van der Waals surface area contributed by atoms with Gasteiger partial charge in [-0.05, 0) is 42.5 Å². The van der Waals surface area contributed by atoms with Crippen LogP contribution in [0.2, 0.25) is 5.02 Å². The molecular weight excluding hydrogens is 445 g/mol. The largest absolute Gasteiger partial charge is 0.379 e. The van der Waals surface area contributed by atoms with E-state index in [4.69, 9.17) is 16.3 Å². The number of aromatic nitrogens is 3. The number of anilines is 1. The minimum Gasteiger partial charge on any atom is -0.379 e. The molecule has 1 aliphatic heterocycles. The van der Waals surface area contributed by atoms with Gasteiger partial charge in [0.25, 0.3) is 5.91 Å². The summed E-state index contributed by atoms with van der Waals surface area (Å²) >= 11 is 5.92. The fraction of sp³-hybridized carbons (Fsp3) is 0.208. The van der Waals surface area contributed by atoms with Crippen LogP contribution in [0.25, 0.3) is 16.9 Å². The number of nitrogens with zero attached hydrogens (tertiary/aromatic N) is 4. The lowest BCUT2D eigenvalue weighted by atomic mass is 10.2. The third-order valence-electron chi connectivity index (χ3n) is 5.48. The fourth-order valence-electron chi connectivity index (χ4n) is 3.79. The van der Waals surface area contributed by atoms with Crippen LogP contribution in [0.1, 0.15) is 16.1 Å². The highest BCUT2D eigenvalue weighted by molar-refractivity contribution is 6.31. The van der Waals surface area contributed by atoms with E-state index in [1.807, 2.05) is 12.1 Å². The SMILES string of the molecule is O=C(Nc1cccc(CN2CCOCC2)n1)c1cccn2cc(-c3ccc(F)c(Cl)c3)nc12. The average Bonchev–Trinajstić information content (AvgIpc) is 3.26. The molecule has 33 heavy (non-hydrogen) atoms. The second kappa shape index (κ2) is 9.27. The van der Waals surface area contributed by atoms with Gasteiger partial charge in [0.15, 0.2) is 0 Å². The first-order valence-electron chi connectivity index (χ1n) is 10.6. The van der Waals surface area contributed by atoms with E-state index in [0.717, 1.165) is 32.0 Å². The Kier molecular flexibility index (Phi) is 6.04. The highest BCUT2D eigenvalue weighted by Crippen LogP contribution is 2.25. The normalized spacial score (nSPS) is 14.5. The number of fused-ring (bicyclic) bond motifs is 1. The van der Waals surface area contributed by atoms with E-state index in [-0.39, 0.29) is 10.9 Å². The second-order valence-corrected chi connectivity index (χ2v) is 8.17. The maximum Gasteiger partial charge on any atom is 0.260 e. The standard InChI is InChI=1S/C24H21ClFN5O2/c25-19-13-16(6-7-20(19)26)21-15-31-8-2-4-18(23(31)28-21)24(32)29-22-5-1-3-17(27-22)14-30-9-11-33-12-10-30/h1-8,13,15H,9-12,14H2,(H,27,29,32). The number of hydrogen-bond acceptors (Lipinski definition) is 5. The maximum atomic E-state index is 13.5. The molecule has 1 fully saturated rings. The molecule has 4 aromatic rings. The van der Waals surface area contributed by atoms with Crippen molar-refractivity contribution < 1.29 is 13.9 Å². The van der Waals surface area contributed by atoms with Crippen LogP contribution in [-0.4, -0.2) is 51.5 Å². The average molecular weight is 466 g/mol. The minimum absolute atomic E-state index is 0.0190. The summed E-state index contributed by atoms with van der Waals surface area (Å²) in [5, 5.41) is 2.90. The number of rotatable bonds is 5. The Labute approximate surface area is 194 Å². The van der Waals surface area contributed by atoms with Crippen molar-refractivity contribution in [1.82, 2.24) is 19.3 Å². The lowest BCUT2D eigenvalue weighted by molar-refractivity contribution is 0.0337. The van der Waals surface area contributed by atoms with Gasteiger partial charge in [-0.1, -0.05) is 17.7 Å². The summed E-state index contributed by atoms with van der Waals surface area (Å²) in [5.74, 6) is -0.330. The van der Waals surface area contributed by atoms with Crippen LogP contribution in [0, 0.1) is 5.82 Å². The van der Waals surface area contributed by atoms with Gasteiger partial charge >= 0.3 is 0 Å². The summed E-state index contributed by atoms with van der Waals surface area (Å²) in [7, 11) is 0. The second-order valence-electron chi connectivity index (χ2n) is 7.76. The summed E-state index contributed by atoms with van der Waals surface area (Å²) in [6.07, 6.45) is 3.58. The van der Waals surface area contributed by atoms with Gasteiger partial charge in [-0.15, -0.1) is 0 Å². The van der Waals surface area contributed by atoms with Crippen LogP contribution in [0.5, 0.6) is 0 Å². The Morgan fingerprint density at radius 1 is 1.12 bits per heavy atom. The first-order chi connectivity index (χ1) is 16.1.